The highest BCUT2D eigenvalue weighted by Gasteiger charge is 2.40. The van der Waals surface area contributed by atoms with E-state index < -0.39 is 6.04 Å². The first-order chi connectivity index (χ1) is 30.4. The summed E-state index contributed by atoms with van der Waals surface area (Å²) in [5, 5.41) is 9.36. The molecule has 16 nitrogen and oxygen atoms in total. The maximum Gasteiger partial charge on any atom is 0.293 e. The maximum atomic E-state index is 13.2. The quantitative estimate of drug-likeness (QED) is 0.162. The molecule has 4 aliphatic heterocycles. The SMILES string of the molecule is CNC(=O)COc1cc2cc(Nc3nc(N4CCC(OC5CN(C6CCC(c7ccc8c(c7)CN(C7CCC(=O)NC7=O)C8=O)CC6)C5)CC4)ncc3Cl)ccc2n(C(C)C)c1=O. The topological polar surface area (TPSA) is 180 Å². The van der Waals surface area contributed by atoms with Gasteiger partial charge < -0.3 is 34.5 Å². The molecule has 3 N–H and O–H groups in total. The van der Waals surface area contributed by atoms with E-state index in [0.29, 0.717) is 47.3 Å². The number of nitrogens with zero attached hydrogens (tertiary/aromatic N) is 6. The summed E-state index contributed by atoms with van der Waals surface area (Å²) in [7, 11) is 1.52. The van der Waals surface area contributed by atoms with Crippen LogP contribution in [0.1, 0.15) is 98.7 Å². The van der Waals surface area contributed by atoms with Crippen LogP contribution >= 0.6 is 11.6 Å². The first kappa shape index (κ1) is 42.7. The Morgan fingerprint density at radius 1 is 0.952 bits per heavy atom. The Labute approximate surface area is 370 Å². The summed E-state index contributed by atoms with van der Waals surface area (Å²) in [6.07, 6.45) is 8.85. The average Bonchev–Trinajstić information content (AvgIpc) is 3.59. The Morgan fingerprint density at radius 3 is 2.46 bits per heavy atom. The number of hydrogen-bond donors (Lipinski definition) is 3. The average molecular weight is 880 g/mol. The predicted octanol–water partition coefficient (Wildman–Crippen LogP) is 5.05. The van der Waals surface area contributed by atoms with E-state index in [1.54, 1.807) is 21.7 Å². The second-order valence-electron chi connectivity index (χ2n) is 17.7. The number of piperidine rings is 2. The Balaban J connectivity index is 0.739. The van der Waals surface area contributed by atoms with Crippen LogP contribution in [-0.2, 0) is 25.7 Å². The Bertz CT molecular complexity index is 2490. The van der Waals surface area contributed by atoms with E-state index >= 15 is 0 Å². The summed E-state index contributed by atoms with van der Waals surface area (Å²) >= 11 is 6.60. The summed E-state index contributed by atoms with van der Waals surface area (Å²) in [5.41, 5.74) is 4.06. The minimum absolute atomic E-state index is 0.0952. The number of imide groups is 1. The molecule has 5 aliphatic rings. The van der Waals surface area contributed by atoms with Gasteiger partial charge in [-0.1, -0.05) is 23.7 Å². The lowest BCUT2D eigenvalue weighted by Crippen LogP contribution is -2.58. The second-order valence-corrected chi connectivity index (χ2v) is 18.1. The lowest BCUT2D eigenvalue weighted by Gasteiger charge is -2.47. The van der Waals surface area contributed by atoms with E-state index in [9.17, 15) is 24.0 Å². The molecule has 4 amide bonds. The maximum absolute atomic E-state index is 13.2. The van der Waals surface area contributed by atoms with Gasteiger partial charge in [0.15, 0.2) is 18.2 Å². The van der Waals surface area contributed by atoms with Gasteiger partial charge in [0, 0.05) is 74.9 Å². The van der Waals surface area contributed by atoms with Gasteiger partial charge in [-0.2, -0.15) is 4.98 Å². The smallest absolute Gasteiger partial charge is 0.293 e. The molecule has 1 aliphatic carbocycles. The Hall–Kier alpha value is -5.58. The molecule has 1 saturated carbocycles. The molecule has 0 bridgehead atoms. The lowest BCUT2D eigenvalue weighted by molar-refractivity contribution is -0.137. The van der Waals surface area contributed by atoms with Gasteiger partial charge in [0.1, 0.15) is 11.1 Å². The van der Waals surface area contributed by atoms with E-state index in [1.165, 1.54) is 12.6 Å². The van der Waals surface area contributed by atoms with Crippen molar-refractivity contribution in [3.8, 4) is 5.75 Å². The minimum atomic E-state index is -0.596. The number of rotatable bonds is 12. The number of likely N-dealkylation sites (N-methyl/N-ethyl adjacent to an activating group) is 1. The Morgan fingerprint density at radius 2 is 1.73 bits per heavy atom. The summed E-state index contributed by atoms with van der Waals surface area (Å²) in [6, 6.07) is 13.3. The normalized spacial score (nSPS) is 22.3. The summed E-state index contributed by atoms with van der Waals surface area (Å²) in [4.78, 5) is 78.1. The summed E-state index contributed by atoms with van der Waals surface area (Å²) in [6.45, 7) is 7.43. The molecule has 4 aromatic rings. The molecule has 0 spiro atoms. The molecule has 4 fully saturated rings. The molecule has 63 heavy (non-hydrogen) atoms. The van der Waals surface area contributed by atoms with Gasteiger partial charge in [-0.3, -0.25) is 34.2 Å². The lowest BCUT2D eigenvalue weighted by atomic mass is 9.80. The van der Waals surface area contributed by atoms with Gasteiger partial charge >= 0.3 is 0 Å². The summed E-state index contributed by atoms with van der Waals surface area (Å²) < 4.78 is 13.9. The number of benzene rings is 2. The number of aromatic nitrogens is 3. The van der Waals surface area contributed by atoms with Crippen molar-refractivity contribution in [1.29, 1.82) is 0 Å². The van der Waals surface area contributed by atoms with Crippen LogP contribution in [0, 0.1) is 0 Å². The molecule has 1 atom stereocenters. The number of likely N-dealkylation sites (tertiary alicyclic amines) is 1. The van der Waals surface area contributed by atoms with Gasteiger partial charge in [-0.25, -0.2) is 4.98 Å². The van der Waals surface area contributed by atoms with E-state index in [2.05, 4.69) is 42.9 Å². The van der Waals surface area contributed by atoms with Gasteiger partial charge in [0.05, 0.1) is 23.9 Å². The van der Waals surface area contributed by atoms with Crippen LogP contribution in [0.15, 0.2) is 53.5 Å². The standard InChI is InChI=1S/C46H54ClN9O7/c1-26(2)56-37-11-7-31(19-29(37)20-39(45(56)61)62-25-41(58)48-3)50-42-36(47)21-49-46(52-42)53-16-14-33(15-17-53)63-34-23-54(24-34)32-8-4-27(5-9-32)28-6-10-35-30(18-28)22-55(44(35)60)38-12-13-40(57)51-43(38)59/h6-7,10-11,18-21,26-27,32-34,38H,4-5,8-9,12-17,22-25H2,1-3H3,(H,48,58)(H,49,50,52)(H,51,57,59). The van der Waals surface area contributed by atoms with E-state index in [-0.39, 0.29) is 66.2 Å². The number of carbonyl (C=O) groups is 4. The van der Waals surface area contributed by atoms with Crippen molar-refractivity contribution >= 4 is 63.6 Å². The number of halogens is 1. The van der Waals surface area contributed by atoms with Crippen LogP contribution in [0.5, 0.6) is 5.75 Å². The number of amides is 4. The fraction of sp³-hybridized carbons (Fsp3) is 0.500. The van der Waals surface area contributed by atoms with E-state index in [0.717, 1.165) is 86.9 Å². The van der Waals surface area contributed by atoms with Crippen LogP contribution in [-0.4, -0.2) is 112 Å². The number of nitrogens with one attached hydrogen (secondary N) is 3. The van der Waals surface area contributed by atoms with E-state index in [4.69, 9.17) is 26.1 Å². The number of fused-ring (bicyclic) bond motifs is 2. The molecule has 3 saturated heterocycles. The van der Waals surface area contributed by atoms with Gasteiger partial charge in [0.2, 0.25) is 17.8 Å². The number of pyridine rings is 1. The number of carbonyl (C=O) groups excluding carboxylic acids is 4. The van der Waals surface area contributed by atoms with Crippen LogP contribution in [0.3, 0.4) is 0 Å². The van der Waals surface area contributed by atoms with Crippen molar-refractivity contribution in [2.75, 3.05) is 50.1 Å². The van der Waals surface area contributed by atoms with E-state index in [1.807, 2.05) is 38.1 Å². The molecule has 1 unspecified atom stereocenters. The highest BCUT2D eigenvalue weighted by atomic mass is 35.5. The molecule has 17 heteroatoms. The minimum Gasteiger partial charge on any atom is -0.478 e. The monoisotopic (exact) mass is 879 g/mol. The van der Waals surface area contributed by atoms with Gasteiger partial charge in [0.25, 0.3) is 17.4 Å². The number of ether oxygens (including phenoxy) is 2. The van der Waals surface area contributed by atoms with Gasteiger partial charge in [-0.05, 0) is 106 Å². The molecule has 6 heterocycles. The van der Waals surface area contributed by atoms with Crippen LogP contribution in [0.4, 0.5) is 17.5 Å². The Kier molecular flexibility index (Phi) is 12.1. The number of anilines is 3. The van der Waals surface area contributed by atoms with Crippen molar-refractivity contribution in [3.05, 3.63) is 80.7 Å². The third kappa shape index (κ3) is 8.85. The first-order valence-electron chi connectivity index (χ1n) is 22.2. The van der Waals surface area contributed by atoms with Gasteiger partial charge in [-0.15, -0.1) is 0 Å². The molecule has 0 radical (unpaired) electrons. The molecule has 9 rings (SSSR count). The highest BCUT2D eigenvalue weighted by molar-refractivity contribution is 6.33. The van der Waals surface area contributed by atoms with Crippen molar-refractivity contribution in [2.24, 2.45) is 0 Å². The molecule has 2 aromatic heterocycles. The summed E-state index contributed by atoms with van der Waals surface area (Å²) in [5.74, 6) is 0.489. The molecule has 332 valence electrons. The molecular weight excluding hydrogens is 826 g/mol. The third-order valence-corrected chi connectivity index (χ3v) is 13.6. The third-order valence-electron chi connectivity index (χ3n) is 13.4. The van der Waals surface area contributed by atoms with Crippen molar-refractivity contribution < 1.29 is 28.7 Å². The zero-order valence-corrected chi connectivity index (χ0v) is 36.7. The van der Waals surface area contributed by atoms with Crippen LogP contribution < -0.4 is 31.1 Å². The molecular formula is C46H54ClN9O7. The van der Waals surface area contributed by atoms with Crippen molar-refractivity contribution in [1.82, 2.24) is 35.0 Å². The fourth-order valence-corrected chi connectivity index (χ4v) is 10.0. The first-order valence-corrected chi connectivity index (χ1v) is 22.5. The second kappa shape index (κ2) is 17.9. The van der Waals surface area contributed by atoms with Crippen LogP contribution in [0.2, 0.25) is 5.02 Å². The zero-order valence-electron chi connectivity index (χ0n) is 35.9. The van der Waals surface area contributed by atoms with Crippen molar-refractivity contribution in [3.63, 3.8) is 0 Å². The highest BCUT2D eigenvalue weighted by Crippen LogP contribution is 2.39. The zero-order chi connectivity index (χ0) is 43.9. The number of hydrogen-bond acceptors (Lipinski definition) is 12. The largest absolute Gasteiger partial charge is 0.478 e. The predicted molar refractivity (Wildman–Crippen MR) is 238 cm³/mol. The molecule has 2 aromatic carbocycles. The van der Waals surface area contributed by atoms with Crippen LogP contribution in [0.25, 0.3) is 10.9 Å². The fourth-order valence-electron chi connectivity index (χ4n) is 9.90. The van der Waals surface area contributed by atoms with Crippen molar-refractivity contribution in [2.45, 2.75) is 108 Å².